The molecule has 0 unspecified atom stereocenters. The summed E-state index contributed by atoms with van der Waals surface area (Å²) in [5.41, 5.74) is 2.46. The quantitative estimate of drug-likeness (QED) is 0.784. The molecule has 3 rings (SSSR count). The molecule has 0 bridgehead atoms. The lowest BCUT2D eigenvalue weighted by atomic mass is 10.2. The lowest BCUT2D eigenvalue weighted by Crippen LogP contribution is -2.36. The third-order valence-corrected chi connectivity index (χ3v) is 4.68. The number of hydrogen-bond donors (Lipinski definition) is 1. The first-order valence-electron chi connectivity index (χ1n) is 8.73. The van der Waals surface area contributed by atoms with E-state index in [1.54, 1.807) is 12.1 Å². The van der Waals surface area contributed by atoms with Crippen molar-refractivity contribution in [3.8, 4) is 5.75 Å². The van der Waals surface area contributed by atoms with E-state index in [2.05, 4.69) is 26.1 Å². The van der Waals surface area contributed by atoms with E-state index in [0.717, 1.165) is 47.9 Å². The van der Waals surface area contributed by atoms with Gasteiger partial charge in [0, 0.05) is 28.8 Å². The second-order valence-electron chi connectivity index (χ2n) is 6.41. The Bertz CT molecular complexity index is 756. The maximum absolute atomic E-state index is 12.5. The highest BCUT2D eigenvalue weighted by Crippen LogP contribution is 2.30. The summed E-state index contributed by atoms with van der Waals surface area (Å²) < 4.78 is 12.0. The van der Waals surface area contributed by atoms with Gasteiger partial charge in [-0.2, -0.15) is 0 Å². The van der Waals surface area contributed by atoms with Crippen LogP contribution in [0.4, 0.5) is 11.4 Å². The lowest BCUT2D eigenvalue weighted by molar-refractivity contribution is 0.102. The van der Waals surface area contributed by atoms with Gasteiger partial charge < -0.3 is 19.7 Å². The Kier molecular flexibility index (Phi) is 6.16. The number of anilines is 2. The molecule has 1 fully saturated rings. The molecule has 0 atom stereocenters. The first-order chi connectivity index (χ1) is 12.5. The molecule has 1 amide bonds. The standard InChI is InChI=1S/C20H23BrN2O3/c1-14(2)26-17-6-3-15(4-7-17)20(24)22-16-5-8-19(18(21)13-16)23-9-11-25-12-10-23/h3-8,13-14H,9-12H2,1-2H3,(H,22,24). The van der Waals surface area contributed by atoms with E-state index in [1.807, 2.05) is 44.2 Å². The first kappa shape index (κ1) is 18.7. The van der Waals surface area contributed by atoms with Crippen LogP contribution in [-0.2, 0) is 4.74 Å². The molecule has 0 saturated carbocycles. The van der Waals surface area contributed by atoms with E-state index < -0.39 is 0 Å². The monoisotopic (exact) mass is 418 g/mol. The number of rotatable bonds is 5. The SMILES string of the molecule is CC(C)Oc1ccc(C(=O)Nc2ccc(N3CCOCC3)c(Br)c2)cc1. The van der Waals surface area contributed by atoms with Gasteiger partial charge in [0.2, 0.25) is 0 Å². The Morgan fingerprint density at radius 3 is 2.46 bits per heavy atom. The van der Waals surface area contributed by atoms with Gasteiger partial charge in [-0.1, -0.05) is 0 Å². The zero-order valence-electron chi connectivity index (χ0n) is 15.0. The van der Waals surface area contributed by atoms with Crippen molar-refractivity contribution in [1.29, 1.82) is 0 Å². The molecule has 1 N–H and O–H groups in total. The summed E-state index contributed by atoms with van der Waals surface area (Å²) in [6.45, 7) is 7.16. The van der Waals surface area contributed by atoms with Crippen LogP contribution in [0.15, 0.2) is 46.9 Å². The van der Waals surface area contributed by atoms with Crippen molar-refractivity contribution in [2.24, 2.45) is 0 Å². The number of carbonyl (C=O) groups is 1. The molecule has 5 nitrogen and oxygen atoms in total. The Hall–Kier alpha value is -2.05. The zero-order chi connectivity index (χ0) is 18.5. The van der Waals surface area contributed by atoms with Crippen molar-refractivity contribution >= 4 is 33.2 Å². The van der Waals surface area contributed by atoms with Crippen LogP contribution >= 0.6 is 15.9 Å². The predicted molar refractivity (Wildman–Crippen MR) is 107 cm³/mol. The topological polar surface area (TPSA) is 50.8 Å². The number of amides is 1. The second kappa shape index (κ2) is 8.56. The molecular weight excluding hydrogens is 396 g/mol. The van der Waals surface area contributed by atoms with Gasteiger partial charge in [-0.25, -0.2) is 0 Å². The second-order valence-corrected chi connectivity index (χ2v) is 7.27. The molecule has 1 saturated heterocycles. The Balaban J connectivity index is 1.66. The largest absolute Gasteiger partial charge is 0.491 e. The molecular formula is C20H23BrN2O3. The minimum Gasteiger partial charge on any atom is -0.491 e. The molecule has 0 spiro atoms. The van der Waals surface area contributed by atoms with Crippen LogP contribution in [0.1, 0.15) is 24.2 Å². The highest BCUT2D eigenvalue weighted by Gasteiger charge is 2.15. The fourth-order valence-corrected chi connectivity index (χ4v) is 3.44. The molecule has 138 valence electrons. The highest BCUT2D eigenvalue weighted by molar-refractivity contribution is 9.10. The molecule has 1 aliphatic heterocycles. The minimum atomic E-state index is -0.146. The van der Waals surface area contributed by atoms with E-state index in [9.17, 15) is 4.79 Å². The van der Waals surface area contributed by atoms with Crippen LogP contribution in [0.2, 0.25) is 0 Å². The number of ether oxygens (including phenoxy) is 2. The summed E-state index contributed by atoms with van der Waals surface area (Å²) >= 11 is 3.61. The number of carbonyl (C=O) groups excluding carboxylic acids is 1. The number of nitrogens with zero attached hydrogens (tertiary/aromatic N) is 1. The van der Waals surface area contributed by atoms with Crippen molar-refractivity contribution in [2.75, 3.05) is 36.5 Å². The first-order valence-corrected chi connectivity index (χ1v) is 9.52. The minimum absolute atomic E-state index is 0.108. The molecule has 0 aromatic heterocycles. The van der Waals surface area contributed by atoms with Crippen molar-refractivity contribution in [2.45, 2.75) is 20.0 Å². The average molecular weight is 419 g/mol. The Morgan fingerprint density at radius 2 is 1.85 bits per heavy atom. The number of halogens is 1. The third-order valence-electron chi connectivity index (χ3n) is 4.05. The Labute approximate surface area is 162 Å². The lowest BCUT2D eigenvalue weighted by Gasteiger charge is -2.29. The van der Waals surface area contributed by atoms with Crippen LogP contribution in [0.5, 0.6) is 5.75 Å². The third kappa shape index (κ3) is 4.77. The van der Waals surface area contributed by atoms with E-state index >= 15 is 0 Å². The van der Waals surface area contributed by atoms with Crippen molar-refractivity contribution in [3.05, 3.63) is 52.5 Å². The fourth-order valence-electron chi connectivity index (χ4n) is 2.81. The van der Waals surface area contributed by atoms with Gasteiger partial charge in [-0.15, -0.1) is 0 Å². The van der Waals surface area contributed by atoms with Crippen molar-refractivity contribution < 1.29 is 14.3 Å². The molecule has 1 aliphatic rings. The van der Waals surface area contributed by atoms with Crippen LogP contribution in [-0.4, -0.2) is 38.3 Å². The average Bonchev–Trinajstić information content (AvgIpc) is 2.62. The van der Waals surface area contributed by atoms with Gasteiger partial charge in [-0.3, -0.25) is 4.79 Å². The molecule has 1 heterocycles. The smallest absolute Gasteiger partial charge is 0.255 e. The number of nitrogens with one attached hydrogen (secondary N) is 1. The van der Waals surface area contributed by atoms with Crippen molar-refractivity contribution in [1.82, 2.24) is 0 Å². The molecule has 0 aliphatic carbocycles. The number of hydrogen-bond acceptors (Lipinski definition) is 4. The maximum Gasteiger partial charge on any atom is 0.255 e. The van der Waals surface area contributed by atoms with Crippen LogP contribution in [0.3, 0.4) is 0 Å². The zero-order valence-corrected chi connectivity index (χ0v) is 16.6. The highest BCUT2D eigenvalue weighted by atomic mass is 79.9. The van der Waals surface area contributed by atoms with Crippen LogP contribution < -0.4 is 15.0 Å². The molecule has 6 heteroatoms. The summed E-state index contributed by atoms with van der Waals surface area (Å²) in [7, 11) is 0. The van der Waals surface area contributed by atoms with Gasteiger partial charge in [-0.05, 0) is 72.2 Å². The normalized spacial score (nSPS) is 14.4. The number of benzene rings is 2. The van der Waals surface area contributed by atoms with Crippen LogP contribution in [0, 0.1) is 0 Å². The summed E-state index contributed by atoms with van der Waals surface area (Å²) in [5, 5.41) is 2.94. The fraction of sp³-hybridized carbons (Fsp3) is 0.350. The molecule has 2 aromatic carbocycles. The van der Waals surface area contributed by atoms with Gasteiger partial charge in [0.05, 0.1) is 25.0 Å². The van der Waals surface area contributed by atoms with E-state index in [4.69, 9.17) is 9.47 Å². The van der Waals surface area contributed by atoms with Gasteiger partial charge in [0.25, 0.3) is 5.91 Å². The van der Waals surface area contributed by atoms with Gasteiger partial charge in [0.1, 0.15) is 5.75 Å². The van der Waals surface area contributed by atoms with E-state index in [-0.39, 0.29) is 12.0 Å². The molecule has 26 heavy (non-hydrogen) atoms. The molecule has 2 aromatic rings. The van der Waals surface area contributed by atoms with E-state index in [0.29, 0.717) is 5.56 Å². The maximum atomic E-state index is 12.5. The predicted octanol–water partition coefficient (Wildman–Crippen LogP) is 4.33. The van der Waals surface area contributed by atoms with Crippen LogP contribution in [0.25, 0.3) is 0 Å². The summed E-state index contributed by atoms with van der Waals surface area (Å²) in [6.07, 6.45) is 0.108. The molecule has 0 radical (unpaired) electrons. The number of morpholine rings is 1. The summed E-state index contributed by atoms with van der Waals surface area (Å²) in [4.78, 5) is 14.7. The van der Waals surface area contributed by atoms with Gasteiger partial charge in [0.15, 0.2) is 0 Å². The summed E-state index contributed by atoms with van der Waals surface area (Å²) in [5.74, 6) is 0.612. The Morgan fingerprint density at radius 1 is 1.15 bits per heavy atom. The van der Waals surface area contributed by atoms with Crippen molar-refractivity contribution in [3.63, 3.8) is 0 Å². The van der Waals surface area contributed by atoms with E-state index in [1.165, 1.54) is 0 Å². The summed E-state index contributed by atoms with van der Waals surface area (Å²) in [6, 6.07) is 13.0. The van der Waals surface area contributed by atoms with Gasteiger partial charge >= 0.3 is 0 Å².